The normalized spacial score (nSPS) is 17.7. The van der Waals surface area contributed by atoms with E-state index in [1.165, 1.54) is 17.3 Å². The van der Waals surface area contributed by atoms with Gasteiger partial charge in [-0.15, -0.1) is 0 Å². The number of fused-ring (bicyclic) bond motifs is 1. The lowest BCUT2D eigenvalue weighted by atomic mass is 9.98. The highest BCUT2D eigenvalue weighted by Crippen LogP contribution is 2.38. The number of aliphatic hydroxyl groups excluding tert-OH is 1. The van der Waals surface area contributed by atoms with Crippen molar-refractivity contribution in [1.29, 1.82) is 0 Å². The average molecular weight is 594 g/mol. The summed E-state index contributed by atoms with van der Waals surface area (Å²) in [6, 6.07) is 12.0. The molecule has 5 rings (SSSR count). The van der Waals surface area contributed by atoms with Gasteiger partial charge >= 0.3 is 0 Å². The van der Waals surface area contributed by atoms with Crippen LogP contribution in [0.3, 0.4) is 0 Å². The number of halogens is 1. The van der Waals surface area contributed by atoms with Crippen LogP contribution in [-0.4, -0.2) is 89.8 Å². The predicted molar refractivity (Wildman–Crippen MR) is 167 cm³/mol. The molecular formula is C31H40ClN7O3. The highest BCUT2D eigenvalue weighted by molar-refractivity contribution is 6.33. The molecule has 1 saturated heterocycles. The van der Waals surface area contributed by atoms with Crippen LogP contribution in [0.4, 0.5) is 23.1 Å². The average Bonchev–Trinajstić information content (AvgIpc) is 3.22. The molecule has 10 nitrogen and oxygen atoms in total. The van der Waals surface area contributed by atoms with Crippen LogP contribution < -0.4 is 20.7 Å². The van der Waals surface area contributed by atoms with Crippen molar-refractivity contribution in [3.05, 3.63) is 64.3 Å². The third kappa shape index (κ3) is 6.95. The second-order valence-electron chi connectivity index (χ2n) is 10.7. The van der Waals surface area contributed by atoms with Crippen molar-refractivity contribution < 1.29 is 14.6 Å². The molecule has 3 aromatic rings. The molecule has 11 heteroatoms. The van der Waals surface area contributed by atoms with E-state index in [4.69, 9.17) is 16.3 Å². The fraction of sp³-hybridized carbons (Fsp3) is 0.452. The Hall–Kier alpha value is -3.44. The van der Waals surface area contributed by atoms with Crippen LogP contribution in [0.15, 0.2) is 42.6 Å². The lowest BCUT2D eigenvalue weighted by Crippen LogP contribution is -2.51. The zero-order valence-corrected chi connectivity index (χ0v) is 25.1. The molecule has 42 heavy (non-hydrogen) atoms. The predicted octanol–water partition coefficient (Wildman–Crippen LogP) is 4.23. The van der Waals surface area contributed by atoms with Crippen LogP contribution in [0.1, 0.15) is 41.3 Å². The van der Waals surface area contributed by atoms with Gasteiger partial charge in [0.1, 0.15) is 10.8 Å². The summed E-state index contributed by atoms with van der Waals surface area (Å²) in [5.41, 5.74) is 4.44. The summed E-state index contributed by atoms with van der Waals surface area (Å²) in [4.78, 5) is 26.5. The molecule has 224 valence electrons. The third-order valence-electron chi connectivity index (χ3n) is 8.07. The molecule has 0 spiro atoms. The van der Waals surface area contributed by atoms with E-state index >= 15 is 0 Å². The zero-order chi connectivity index (χ0) is 29.5. The van der Waals surface area contributed by atoms with Gasteiger partial charge in [-0.2, -0.15) is 4.98 Å². The van der Waals surface area contributed by atoms with Gasteiger partial charge in [0.2, 0.25) is 5.95 Å². The molecular weight excluding hydrogens is 554 g/mol. The maximum Gasteiger partial charge on any atom is 0.253 e. The van der Waals surface area contributed by atoms with E-state index < -0.39 is 0 Å². The number of para-hydroxylation sites is 1. The lowest BCUT2D eigenvalue weighted by molar-refractivity contribution is 0.0805. The summed E-state index contributed by atoms with van der Waals surface area (Å²) in [6.45, 7) is 7.47. The number of β-amino-alcohol motifs (C(OH)–C–C–N with tert-alkyl or cyclic N) is 1. The third-order valence-corrected chi connectivity index (χ3v) is 8.35. The van der Waals surface area contributed by atoms with Gasteiger partial charge in [0.25, 0.3) is 5.91 Å². The molecule has 1 unspecified atom stereocenters. The number of carbonyl (C=O) groups excluding carboxylic acids is 1. The van der Waals surface area contributed by atoms with Gasteiger partial charge in [0.15, 0.2) is 5.82 Å². The van der Waals surface area contributed by atoms with E-state index in [9.17, 15) is 9.90 Å². The number of nitrogens with one attached hydrogen (secondary N) is 3. The Kier molecular flexibility index (Phi) is 10.1. The van der Waals surface area contributed by atoms with Crippen molar-refractivity contribution in [3.63, 3.8) is 0 Å². The first-order valence-corrected chi connectivity index (χ1v) is 15.1. The van der Waals surface area contributed by atoms with E-state index in [1.807, 2.05) is 31.2 Å². The summed E-state index contributed by atoms with van der Waals surface area (Å²) < 4.78 is 5.96. The van der Waals surface area contributed by atoms with Gasteiger partial charge in [-0.05, 0) is 61.9 Å². The van der Waals surface area contributed by atoms with Crippen LogP contribution in [0, 0.1) is 0 Å². The first kappa shape index (κ1) is 30.0. The maximum absolute atomic E-state index is 12.6. The number of rotatable bonds is 10. The van der Waals surface area contributed by atoms with Crippen molar-refractivity contribution in [3.8, 4) is 5.75 Å². The first-order chi connectivity index (χ1) is 20.5. The number of aromatic nitrogens is 2. The topological polar surface area (TPSA) is 115 Å². The molecule has 1 amide bonds. The van der Waals surface area contributed by atoms with Crippen LogP contribution >= 0.6 is 11.6 Å². The summed E-state index contributed by atoms with van der Waals surface area (Å²) in [5.74, 6) is 1.39. The zero-order valence-electron chi connectivity index (χ0n) is 24.3. The molecule has 0 radical (unpaired) electrons. The number of ether oxygens (including phenoxy) is 1. The number of methoxy groups -OCH3 is 1. The van der Waals surface area contributed by atoms with E-state index in [-0.39, 0.29) is 12.5 Å². The standard InChI is InChI=1S/C31H40ClN7O3/c1-3-33-30(41)24-8-4-5-10-26(24)35-29-25(32)20-34-31(37-29)36-27-12-11-21-19-22(7-6-9-23(21)28(27)42-2)39-15-13-38(14-16-39)17-18-40/h4-5,8,10-12,20,22,40H,3,6-7,9,13-19H2,1-2H3,(H,33,41)(H2,34,35,36,37). The number of anilines is 4. The molecule has 2 aliphatic rings. The minimum atomic E-state index is -0.176. The molecule has 0 saturated carbocycles. The molecule has 1 aromatic heterocycles. The van der Waals surface area contributed by atoms with Gasteiger partial charge < -0.3 is 25.8 Å². The molecule has 1 aliphatic heterocycles. The highest BCUT2D eigenvalue weighted by Gasteiger charge is 2.28. The maximum atomic E-state index is 12.6. The van der Waals surface area contributed by atoms with Crippen molar-refractivity contribution >= 4 is 40.6 Å². The summed E-state index contributed by atoms with van der Waals surface area (Å²) in [7, 11) is 1.71. The Bertz CT molecular complexity index is 1380. The van der Waals surface area contributed by atoms with Gasteiger partial charge in [-0.3, -0.25) is 14.6 Å². The minimum Gasteiger partial charge on any atom is -0.494 e. The SMILES string of the molecule is CCNC(=O)c1ccccc1Nc1nc(Nc2ccc3c(c2OC)CCCC(N2CCN(CCO)CC2)C3)ncc1Cl. The number of piperazine rings is 1. The van der Waals surface area contributed by atoms with Crippen molar-refractivity contribution in [2.75, 3.05) is 63.6 Å². The van der Waals surface area contributed by atoms with Gasteiger partial charge in [-0.1, -0.05) is 29.8 Å². The number of hydrogen-bond donors (Lipinski definition) is 4. The number of hydrogen-bond acceptors (Lipinski definition) is 9. The Labute approximate surface area is 252 Å². The summed E-state index contributed by atoms with van der Waals surface area (Å²) in [6.07, 6.45) is 5.70. The van der Waals surface area contributed by atoms with Crippen LogP contribution in [0.2, 0.25) is 5.02 Å². The smallest absolute Gasteiger partial charge is 0.253 e. The molecule has 4 N–H and O–H groups in total. The number of nitrogens with zero attached hydrogens (tertiary/aromatic N) is 4. The van der Waals surface area contributed by atoms with Crippen LogP contribution in [-0.2, 0) is 12.8 Å². The number of aliphatic hydroxyl groups is 1. The van der Waals surface area contributed by atoms with E-state index in [1.54, 1.807) is 13.2 Å². The molecule has 1 atom stereocenters. The van der Waals surface area contributed by atoms with Crippen molar-refractivity contribution in [2.45, 2.75) is 38.6 Å². The second kappa shape index (κ2) is 14.2. The molecule has 0 bridgehead atoms. The fourth-order valence-corrected chi connectivity index (χ4v) is 6.09. The van der Waals surface area contributed by atoms with Gasteiger partial charge in [0, 0.05) is 45.3 Å². The Morgan fingerprint density at radius 1 is 1.12 bits per heavy atom. The van der Waals surface area contributed by atoms with Crippen LogP contribution in [0.25, 0.3) is 0 Å². The van der Waals surface area contributed by atoms with E-state index in [0.717, 1.165) is 69.8 Å². The van der Waals surface area contributed by atoms with E-state index in [0.29, 0.717) is 40.6 Å². The van der Waals surface area contributed by atoms with Crippen molar-refractivity contribution in [2.24, 2.45) is 0 Å². The van der Waals surface area contributed by atoms with Crippen molar-refractivity contribution in [1.82, 2.24) is 25.1 Å². The number of carbonyl (C=O) groups is 1. The number of amides is 1. The first-order valence-electron chi connectivity index (χ1n) is 14.7. The Morgan fingerprint density at radius 2 is 1.93 bits per heavy atom. The molecule has 1 fully saturated rings. The summed E-state index contributed by atoms with van der Waals surface area (Å²) in [5, 5.41) is 19.0. The second-order valence-corrected chi connectivity index (χ2v) is 11.1. The Morgan fingerprint density at radius 3 is 2.69 bits per heavy atom. The minimum absolute atomic E-state index is 0.176. The summed E-state index contributed by atoms with van der Waals surface area (Å²) >= 11 is 6.46. The van der Waals surface area contributed by atoms with E-state index in [2.05, 4.69) is 41.8 Å². The largest absolute Gasteiger partial charge is 0.494 e. The fourth-order valence-electron chi connectivity index (χ4n) is 5.95. The lowest BCUT2D eigenvalue weighted by Gasteiger charge is -2.39. The number of benzene rings is 2. The molecule has 2 heterocycles. The highest BCUT2D eigenvalue weighted by atomic mass is 35.5. The quantitative estimate of drug-likeness (QED) is 0.256. The van der Waals surface area contributed by atoms with Gasteiger partial charge in [0.05, 0.1) is 36.9 Å². The molecule has 1 aliphatic carbocycles. The monoisotopic (exact) mass is 593 g/mol. The van der Waals surface area contributed by atoms with Gasteiger partial charge in [-0.25, -0.2) is 4.98 Å². The van der Waals surface area contributed by atoms with Crippen LogP contribution in [0.5, 0.6) is 5.75 Å². The Balaban J connectivity index is 1.33. The molecule has 2 aromatic carbocycles.